The van der Waals surface area contributed by atoms with Crippen LogP contribution in [0, 0.1) is 5.82 Å². The quantitative estimate of drug-likeness (QED) is 0.811. The molecule has 0 spiro atoms. The van der Waals surface area contributed by atoms with Crippen molar-refractivity contribution in [1.82, 2.24) is 5.32 Å². The summed E-state index contributed by atoms with van der Waals surface area (Å²) in [6.07, 6.45) is 2.64. The molecule has 1 aromatic rings. The summed E-state index contributed by atoms with van der Waals surface area (Å²) in [5.74, 6) is 0.422. The van der Waals surface area contributed by atoms with Crippen molar-refractivity contribution in [2.75, 3.05) is 12.0 Å². The Bertz CT molecular complexity index is 356. The number of thioether (sulfide) groups is 1. The first-order valence-electron chi connectivity index (χ1n) is 5.40. The van der Waals surface area contributed by atoms with Gasteiger partial charge in [0.15, 0.2) is 0 Å². The number of carbonyl (C=O) groups excluding carboxylic acids is 1. The molecule has 3 nitrogen and oxygen atoms in total. The van der Waals surface area contributed by atoms with Gasteiger partial charge in [-0.05, 0) is 36.1 Å². The molecule has 0 unspecified atom stereocenters. The maximum atomic E-state index is 12.6. The lowest BCUT2D eigenvalue weighted by Gasteiger charge is -2.11. The highest BCUT2D eigenvalue weighted by atomic mass is 32.2. The van der Waals surface area contributed by atoms with E-state index in [-0.39, 0.29) is 11.7 Å². The summed E-state index contributed by atoms with van der Waals surface area (Å²) in [6.45, 7) is 0.381. The van der Waals surface area contributed by atoms with Crippen LogP contribution < -0.4 is 11.1 Å². The smallest absolute Gasteiger partial charge is 0.237 e. The first-order valence-corrected chi connectivity index (χ1v) is 6.79. The van der Waals surface area contributed by atoms with Crippen molar-refractivity contribution in [1.29, 1.82) is 0 Å². The zero-order chi connectivity index (χ0) is 12.7. The Morgan fingerprint density at radius 3 is 2.71 bits per heavy atom. The molecule has 0 saturated heterocycles. The molecule has 1 aromatic carbocycles. The molecule has 0 bridgehead atoms. The molecular formula is C12H17FN2OS. The number of carbonyl (C=O) groups is 1. The normalized spacial score (nSPS) is 12.2. The molecule has 0 saturated carbocycles. The number of hydrogen-bond acceptors (Lipinski definition) is 3. The second-order valence-corrected chi connectivity index (χ2v) is 4.72. The summed E-state index contributed by atoms with van der Waals surface area (Å²) in [6, 6.07) is 5.55. The molecular weight excluding hydrogens is 239 g/mol. The van der Waals surface area contributed by atoms with Crippen LogP contribution in [0.3, 0.4) is 0 Å². The highest BCUT2D eigenvalue weighted by Crippen LogP contribution is 2.03. The number of nitrogens with one attached hydrogen (secondary N) is 1. The van der Waals surface area contributed by atoms with E-state index in [0.717, 1.165) is 11.3 Å². The molecule has 0 aliphatic heterocycles. The van der Waals surface area contributed by atoms with E-state index >= 15 is 0 Å². The van der Waals surface area contributed by atoms with E-state index in [2.05, 4.69) is 5.32 Å². The Kier molecular flexibility index (Phi) is 6.00. The van der Waals surface area contributed by atoms with E-state index in [4.69, 9.17) is 5.73 Å². The summed E-state index contributed by atoms with van der Waals surface area (Å²) in [7, 11) is 0. The monoisotopic (exact) mass is 256 g/mol. The highest BCUT2D eigenvalue weighted by Gasteiger charge is 2.11. The van der Waals surface area contributed by atoms with E-state index < -0.39 is 6.04 Å². The van der Waals surface area contributed by atoms with Crippen LogP contribution in [0.4, 0.5) is 4.39 Å². The van der Waals surface area contributed by atoms with Crippen LogP contribution in [0.1, 0.15) is 12.0 Å². The van der Waals surface area contributed by atoms with Crippen molar-refractivity contribution in [3.05, 3.63) is 35.6 Å². The van der Waals surface area contributed by atoms with Gasteiger partial charge in [-0.1, -0.05) is 12.1 Å². The third-order valence-corrected chi connectivity index (χ3v) is 2.99. The predicted octanol–water partition coefficient (Wildman–Crippen LogP) is 1.52. The Morgan fingerprint density at radius 1 is 1.47 bits per heavy atom. The van der Waals surface area contributed by atoms with Gasteiger partial charge in [-0.15, -0.1) is 0 Å². The Labute approximate surface area is 105 Å². The Hall–Kier alpha value is -1.07. The van der Waals surface area contributed by atoms with Gasteiger partial charge < -0.3 is 11.1 Å². The number of amides is 1. The van der Waals surface area contributed by atoms with Crippen molar-refractivity contribution >= 4 is 17.7 Å². The van der Waals surface area contributed by atoms with Gasteiger partial charge in [0.25, 0.3) is 0 Å². The maximum absolute atomic E-state index is 12.6. The molecule has 0 aliphatic carbocycles. The van der Waals surface area contributed by atoms with Crippen LogP contribution in [0.15, 0.2) is 24.3 Å². The molecule has 17 heavy (non-hydrogen) atoms. The third-order valence-electron chi connectivity index (χ3n) is 2.35. The number of rotatable bonds is 6. The molecule has 0 heterocycles. The minimum Gasteiger partial charge on any atom is -0.351 e. The molecule has 5 heteroatoms. The van der Waals surface area contributed by atoms with Crippen LogP contribution in [-0.4, -0.2) is 24.0 Å². The maximum Gasteiger partial charge on any atom is 0.237 e. The number of halogens is 1. The molecule has 1 rings (SSSR count). The van der Waals surface area contributed by atoms with Crippen LogP contribution >= 0.6 is 11.8 Å². The van der Waals surface area contributed by atoms with Crippen LogP contribution in [-0.2, 0) is 11.3 Å². The summed E-state index contributed by atoms with van der Waals surface area (Å²) < 4.78 is 12.6. The summed E-state index contributed by atoms with van der Waals surface area (Å²) in [5, 5.41) is 2.73. The first-order chi connectivity index (χ1) is 8.13. The van der Waals surface area contributed by atoms with Crippen molar-refractivity contribution in [3.8, 4) is 0 Å². The Morgan fingerprint density at radius 2 is 2.12 bits per heavy atom. The highest BCUT2D eigenvalue weighted by molar-refractivity contribution is 7.98. The second kappa shape index (κ2) is 7.29. The van der Waals surface area contributed by atoms with Gasteiger partial charge in [-0.2, -0.15) is 11.8 Å². The average molecular weight is 256 g/mol. The molecule has 1 atom stereocenters. The molecule has 1 amide bonds. The molecule has 0 aliphatic rings. The van der Waals surface area contributed by atoms with Gasteiger partial charge in [-0.25, -0.2) is 4.39 Å². The molecule has 0 fully saturated rings. The zero-order valence-corrected chi connectivity index (χ0v) is 10.6. The fourth-order valence-corrected chi connectivity index (χ4v) is 1.79. The van der Waals surface area contributed by atoms with Crippen molar-refractivity contribution < 1.29 is 9.18 Å². The largest absolute Gasteiger partial charge is 0.351 e. The fourth-order valence-electron chi connectivity index (χ4n) is 1.30. The average Bonchev–Trinajstić information content (AvgIpc) is 2.34. The lowest BCUT2D eigenvalue weighted by molar-refractivity contribution is -0.122. The van der Waals surface area contributed by atoms with Crippen molar-refractivity contribution in [2.45, 2.75) is 19.0 Å². The van der Waals surface area contributed by atoms with Gasteiger partial charge in [0.1, 0.15) is 5.82 Å². The molecule has 0 aromatic heterocycles. The first kappa shape index (κ1) is 14.0. The summed E-state index contributed by atoms with van der Waals surface area (Å²) in [4.78, 5) is 11.6. The van der Waals surface area contributed by atoms with Crippen molar-refractivity contribution in [2.24, 2.45) is 5.73 Å². The van der Waals surface area contributed by atoms with Gasteiger partial charge >= 0.3 is 0 Å². The standard InChI is InChI=1S/C12H17FN2OS/c1-17-7-6-11(14)12(16)15-8-9-2-4-10(13)5-3-9/h2-5,11H,6-8,14H2,1H3,(H,15,16)/t11-/m0/s1. The minimum atomic E-state index is -0.470. The van der Waals surface area contributed by atoms with Gasteiger partial charge in [-0.3, -0.25) is 4.79 Å². The van der Waals surface area contributed by atoms with E-state index in [1.807, 2.05) is 6.26 Å². The third kappa shape index (κ3) is 5.19. The SMILES string of the molecule is CSCC[C@H](N)C(=O)NCc1ccc(F)cc1. The van der Waals surface area contributed by atoms with E-state index in [0.29, 0.717) is 13.0 Å². The van der Waals surface area contributed by atoms with E-state index in [1.54, 1.807) is 23.9 Å². The number of nitrogens with two attached hydrogens (primary N) is 1. The van der Waals surface area contributed by atoms with E-state index in [1.165, 1.54) is 12.1 Å². The Balaban J connectivity index is 2.34. The molecule has 0 radical (unpaired) electrons. The molecule has 3 N–H and O–H groups in total. The van der Waals surface area contributed by atoms with Crippen LogP contribution in [0.25, 0.3) is 0 Å². The number of hydrogen-bond donors (Lipinski definition) is 2. The number of benzene rings is 1. The van der Waals surface area contributed by atoms with Crippen LogP contribution in [0.2, 0.25) is 0 Å². The van der Waals surface area contributed by atoms with Crippen LogP contribution in [0.5, 0.6) is 0 Å². The lowest BCUT2D eigenvalue weighted by Crippen LogP contribution is -2.40. The minimum absolute atomic E-state index is 0.164. The lowest BCUT2D eigenvalue weighted by atomic mass is 10.2. The topological polar surface area (TPSA) is 55.1 Å². The zero-order valence-electron chi connectivity index (χ0n) is 9.78. The van der Waals surface area contributed by atoms with Gasteiger partial charge in [0.05, 0.1) is 6.04 Å². The summed E-state index contributed by atoms with van der Waals surface area (Å²) >= 11 is 1.66. The van der Waals surface area contributed by atoms with Gasteiger partial charge in [0, 0.05) is 6.54 Å². The predicted molar refractivity (Wildman–Crippen MR) is 69.2 cm³/mol. The van der Waals surface area contributed by atoms with Gasteiger partial charge in [0.2, 0.25) is 5.91 Å². The second-order valence-electron chi connectivity index (χ2n) is 3.73. The molecule has 94 valence electrons. The summed E-state index contributed by atoms with van der Waals surface area (Å²) in [5.41, 5.74) is 6.56. The van der Waals surface area contributed by atoms with Crippen molar-refractivity contribution in [3.63, 3.8) is 0 Å². The fraction of sp³-hybridized carbons (Fsp3) is 0.417. The van der Waals surface area contributed by atoms with E-state index in [9.17, 15) is 9.18 Å².